The molecule has 25 heavy (non-hydrogen) atoms. The molecule has 2 fully saturated rings. The highest BCUT2D eigenvalue weighted by Crippen LogP contribution is 2.39. The van der Waals surface area contributed by atoms with Gasteiger partial charge in [-0.2, -0.15) is 0 Å². The number of carboxylic acids is 1. The summed E-state index contributed by atoms with van der Waals surface area (Å²) in [7, 11) is 1.61. The third kappa shape index (κ3) is 4.12. The van der Waals surface area contributed by atoms with E-state index >= 15 is 0 Å². The van der Waals surface area contributed by atoms with Gasteiger partial charge in [-0.1, -0.05) is 25.0 Å². The molecule has 1 heterocycles. The number of nitrogens with one attached hydrogen (secondary N) is 1. The third-order valence-corrected chi connectivity index (χ3v) is 5.46. The summed E-state index contributed by atoms with van der Waals surface area (Å²) in [5.41, 5.74) is 0.958. The van der Waals surface area contributed by atoms with Gasteiger partial charge in [0.25, 0.3) is 0 Å². The molecule has 0 aromatic heterocycles. The van der Waals surface area contributed by atoms with E-state index in [9.17, 15) is 14.7 Å². The first-order valence-corrected chi connectivity index (χ1v) is 8.96. The monoisotopic (exact) mass is 346 g/mol. The lowest BCUT2D eigenvalue weighted by molar-refractivity contribution is -0.143. The van der Waals surface area contributed by atoms with Gasteiger partial charge >= 0.3 is 5.97 Å². The van der Waals surface area contributed by atoms with Crippen molar-refractivity contribution in [2.75, 3.05) is 13.7 Å². The molecule has 0 spiro atoms. The summed E-state index contributed by atoms with van der Waals surface area (Å²) in [4.78, 5) is 25.9. The Labute approximate surface area is 148 Å². The highest BCUT2D eigenvalue weighted by Gasteiger charge is 2.45. The van der Waals surface area contributed by atoms with Crippen LogP contribution in [0.3, 0.4) is 0 Å². The topological polar surface area (TPSA) is 78.9 Å². The molecule has 136 valence electrons. The Hall–Kier alpha value is -2.08. The summed E-state index contributed by atoms with van der Waals surface area (Å²) in [5.74, 6) is 0.235. The highest BCUT2D eigenvalue weighted by molar-refractivity contribution is 5.80. The number of carbonyl (C=O) groups excluding carboxylic acids is 1. The quantitative estimate of drug-likeness (QED) is 0.824. The maximum Gasteiger partial charge on any atom is 0.320 e. The zero-order valence-corrected chi connectivity index (χ0v) is 14.6. The van der Waals surface area contributed by atoms with Crippen LogP contribution in [-0.2, 0) is 16.1 Å². The van der Waals surface area contributed by atoms with Crippen LogP contribution in [0.2, 0.25) is 0 Å². The number of ether oxygens (including phenoxy) is 1. The molecule has 1 aromatic carbocycles. The maximum absolute atomic E-state index is 12.4. The average Bonchev–Trinajstić information content (AvgIpc) is 2.99. The predicted octanol–water partition coefficient (Wildman–Crippen LogP) is 2.03. The van der Waals surface area contributed by atoms with Crippen molar-refractivity contribution in [3.05, 3.63) is 29.8 Å². The SMILES string of the molecule is COc1cccc(CNC(=O)CN2[C@H](C(=O)O)C[C@@H]3CCCC[C@@H]32)c1. The molecule has 1 amide bonds. The summed E-state index contributed by atoms with van der Waals surface area (Å²) < 4.78 is 5.18. The van der Waals surface area contributed by atoms with E-state index < -0.39 is 12.0 Å². The fourth-order valence-corrected chi connectivity index (χ4v) is 4.23. The zero-order valence-electron chi connectivity index (χ0n) is 14.6. The van der Waals surface area contributed by atoms with Crippen molar-refractivity contribution in [2.24, 2.45) is 5.92 Å². The summed E-state index contributed by atoms with van der Waals surface area (Å²) in [6.45, 7) is 0.567. The number of likely N-dealkylation sites (tertiary alicyclic amines) is 1. The van der Waals surface area contributed by atoms with Gasteiger partial charge in [-0.15, -0.1) is 0 Å². The number of carboxylic acid groups (broad SMARTS) is 1. The number of aliphatic carboxylic acids is 1. The van der Waals surface area contributed by atoms with E-state index in [0.717, 1.165) is 30.6 Å². The Morgan fingerprint density at radius 2 is 2.12 bits per heavy atom. The van der Waals surface area contributed by atoms with Crippen LogP contribution < -0.4 is 10.1 Å². The van der Waals surface area contributed by atoms with E-state index in [0.29, 0.717) is 18.9 Å². The first-order chi connectivity index (χ1) is 12.1. The van der Waals surface area contributed by atoms with Crippen LogP contribution >= 0.6 is 0 Å². The van der Waals surface area contributed by atoms with Gasteiger partial charge in [0.15, 0.2) is 0 Å². The summed E-state index contributed by atoms with van der Waals surface area (Å²) in [5, 5.41) is 12.4. The molecule has 0 radical (unpaired) electrons. The van der Waals surface area contributed by atoms with E-state index in [1.807, 2.05) is 29.2 Å². The molecule has 1 aliphatic carbocycles. The fraction of sp³-hybridized carbons (Fsp3) is 0.579. The van der Waals surface area contributed by atoms with Crippen LogP contribution in [0.1, 0.15) is 37.7 Å². The first kappa shape index (κ1) is 17.7. The van der Waals surface area contributed by atoms with Crippen LogP contribution in [0.15, 0.2) is 24.3 Å². The summed E-state index contributed by atoms with van der Waals surface area (Å²) in [6.07, 6.45) is 5.04. The molecule has 1 aliphatic heterocycles. The zero-order chi connectivity index (χ0) is 17.8. The van der Waals surface area contributed by atoms with Gasteiger partial charge in [-0.3, -0.25) is 14.5 Å². The van der Waals surface area contributed by atoms with E-state index in [-0.39, 0.29) is 18.5 Å². The molecule has 2 N–H and O–H groups in total. The lowest BCUT2D eigenvalue weighted by atomic mass is 9.85. The van der Waals surface area contributed by atoms with Crippen molar-refractivity contribution in [1.82, 2.24) is 10.2 Å². The van der Waals surface area contributed by atoms with Crippen molar-refractivity contribution in [3.8, 4) is 5.75 Å². The van der Waals surface area contributed by atoms with Gasteiger partial charge in [0.05, 0.1) is 13.7 Å². The van der Waals surface area contributed by atoms with Crippen molar-refractivity contribution in [3.63, 3.8) is 0 Å². The molecule has 3 rings (SSSR count). The Morgan fingerprint density at radius 1 is 1.32 bits per heavy atom. The molecule has 1 aromatic rings. The van der Waals surface area contributed by atoms with Crippen molar-refractivity contribution in [1.29, 1.82) is 0 Å². The average molecular weight is 346 g/mol. The number of methoxy groups -OCH3 is 1. The van der Waals surface area contributed by atoms with Crippen molar-refractivity contribution < 1.29 is 19.4 Å². The van der Waals surface area contributed by atoms with E-state index in [4.69, 9.17) is 4.74 Å². The number of benzene rings is 1. The summed E-state index contributed by atoms with van der Waals surface area (Å²) >= 11 is 0. The van der Waals surface area contributed by atoms with Crippen LogP contribution in [0, 0.1) is 5.92 Å². The third-order valence-electron chi connectivity index (χ3n) is 5.46. The molecule has 0 bridgehead atoms. The van der Waals surface area contributed by atoms with Crippen molar-refractivity contribution >= 4 is 11.9 Å². The summed E-state index contributed by atoms with van der Waals surface area (Å²) in [6, 6.07) is 7.25. The minimum absolute atomic E-state index is 0.125. The number of amides is 1. The Morgan fingerprint density at radius 3 is 2.88 bits per heavy atom. The number of nitrogens with zero attached hydrogens (tertiary/aromatic N) is 1. The highest BCUT2D eigenvalue weighted by atomic mass is 16.5. The molecular weight excluding hydrogens is 320 g/mol. The number of hydrogen-bond donors (Lipinski definition) is 2. The second-order valence-corrected chi connectivity index (χ2v) is 7.00. The Bertz CT molecular complexity index is 634. The Kier molecular flexibility index (Phi) is 5.58. The van der Waals surface area contributed by atoms with Crippen molar-refractivity contribution in [2.45, 2.75) is 50.7 Å². The number of carbonyl (C=O) groups is 2. The molecular formula is C19H26N2O4. The fourth-order valence-electron chi connectivity index (χ4n) is 4.23. The van der Waals surface area contributed by atoms with E-state index in [1.54, 1.807) is 7.11 Å². The second-order valence-electron chi connectivity index (χ2n) is 7.00. The van der Waals surface area contributed by atoms with Gasteiger partial charge in [0, 0.05) is 12.6 Å². The first-order valence-electron chi connectivity index (χ1n) is 8.96. The van der Waals surface area contributed by atoms with E-state index in [1.165, 1.54) is 6.42 Å². The van der Waals surface area contributed by atoms with Gasteiger partial charge in [-0.25, -0.2) is 0 Å². The lowest BCUT2D eigenvalue weighted by Gasteiger charge is -2.32. The molecule has 2 aliphatic rings. The van der Waals surface area contributed by atoms with Gasteiger partial charge in [0.1, 0.15) is 11.8 Å². The van der Waals surface area contributed by atoms with Crippen LogP contribution in [0.25, 0.3) is 0 Å². The number of rotatable bonds is 6. The van der Waals surface area contributed by atoms with E-state index in [2.05, 4.69) is 5.32 Å². The minimum Gasteiger partial charge on any atom is -0.497 e. The van der Waals surface area contributed by atoms with Crippen LogP contribution in [-0.4, -0.2) is 47.6 Å². The number of hydrogen-bond acceptors (Lipinski definition) is 4. The number of fused-ring (bicyclic) bond motifs is 1. The maximum atomic E-state index is 12.4. The minimum atomic E-state index is -0.810. The smallest absolute Gasteiger partial charge is 0.320 e. The molecule has 3 atom stereocenters. The molecule has 1 saturated heterocycles. The largest absolute Gasteiger partial charge is 0.497 e. The second kappa shape index (κ2) is 7.87. The molecule has 6 heteroatoms. The molecule has 1 saturated carbocycles. The van der Waals surface area contributed by atoms with Crippen LogP contribution in [0.5, 0.6) is 5.75 Å². The normalized spacial score (nSPS) is 26.0. The van der Waals surface area contributed by atoms with Crippen LogP contribution in [0.4, 0.5) is 0 Å². The predicted molar refractivity (Wildman–Crippen MR) is 93.3 cm³/mol. The van der Waals surface area contributed by atoms with Gasteiger partial charge in [-0.05, 0) is 42.9 Å². The van der Waals surface area contributed by atoms with Gasteiger partial charge < -0.3 is 15.2 Å². The lowest BCUT2D eigenvalue weighted by Crippen LogP contribution is -2.47. The Balaban J connectivity index is 1.59. The molecule has 0 unspecified atom stereocenters. The standard InChI is InChI=1S/C19H26N2O4/c1-25-15-7-4-5-13(9-15)11-20-18(22)12-21-16-8-3-2-6-14(16)10-17(21)19(23)24/h4-5,7,9,14,16-17H,2-3,6,8,10-12H2,1H3,(H,20,22)(H,23,24)/t14-,16-,17-/m0/s1. The molecule has 6 nitrogen and oxygen atoms in total. The van der Waals surface area contributed by atoms with Gasteiger partial charge in [0.2, 0.25) is 5.91 Å².